The van der Waals surface area contributed by atoms with E-state index in [4.69, 9.17) is 0 Å². The van der Waals surface area contributed by atoms with Gasteiger partial charge in [-0.15, -0.1) is 11.3 Å². The van der Waals surface area contributed by atoms with Crippen LogP contribution in [-0.2, 0) is 11.2 Å². The van der Waals surface area contributed by atoms with Gasteiger partial charge in [0.05, 0.1) is 10.7 Å². The van der Waals surface area contributed by atoms with Gasteiger partial charge >= 0.3 is 0 Å². The van der Waals surface area contributed by atoms with Crippen LogP contribution < -0.4 is 10.6 Å². The molecule has 1 aromatic rings. The summed E-state index contributed by atoms with van der Waals surface area (Å²) in [7, 11) is 0. The number of carbonyl (C=O) groups excluding carboxylic acids is 1. The first-order chi connectivity index (χ1) is 9.54. The Morgan fingerprint density at radius 3 is 3.00 bits per heavy atom. The number of nitrogens with one attached hydrogen (secondary N) is 2. The Kier molecular flexibility index (Phi) is 5.54. The molecule has 112 valence electrons. The van der Waals surface area contributed by atoms with Crippen molar-refractivity contribution in [3.63, 3.8) is 0 Å². The molecule has 1 atom stereocenters. The monoisotopic (exact) mass is 295 g/mol. The van der Waals surface area contributed by atoms with E-state index in [1.165, 1.54) is 6.42 Å². The Labute approximate surface area is 125 Å². The molecule has 1 saturated heterocycles. The van der Waals surface area contributed by atoms with E-state index in [0.29, 0.717) is 18.3 Å². The Balaban J connectivity index is 1.86. The second-order valence-corrected chi connectivity index (χ2v) is 7.26. The second kappa shape index (κ2) is 7.18. The first-order valence-corrected chi connectivity index (χ1v) is 8.33. The molecule has 5 heteroatoms. The highest BCUT2D eigenvalue weighted by atomic mass is 32.1. The largest absolute Gasteiger partial charge is 0.316 e. The lowest BCUT2D eigenvalue weighted by Gasteiger charge is -2.09. The van der Waals surface area contributed by atoms with Crippen molar-refractivity contribution in [2.45, 2.75) is 46.5 Å². The fourth-order valence-electron chi connectivity index (χ4n) is 2.58. The Morgan fingerprint density at radius 2 is 2.35 bits per heavy atom. The zero-order valence-corrected chi connectivity index (χ0v) is 13.5. The fourth-order valence-corrected chi connectivity index (χ4v) is 3.44. The number of thiazole rings is 1. The zero-order valence-electron chi connectivity index (χ0n) is 12.7. The first kappa shape index (κ1) is 15.4. The normalized spacial score (nSPS) is 18.7. The van der Waals surface area contributed by atoms with E-state index in [2.05, 4.69) is 29.5 Å². The van der Waals surface area contributed by atoms with Crippen molar-refractivity contribution in [3.05, 3.63) is 10.7 Å². The number of aryl methyl sites for hydroxylation is 1. The highest BCUT2D eigenvalue weighted by molar-refractivity contribution is 7.16. The molecule has 0 bridgehead atoms. The molecule has 2 heterocycles. The van der Waals surface area contributed by atoms with E-state index < -0.39 is 0 Å². The highest BCUT2D eigenvalue weighted by Crippen LogP contribution is 2.27. The van der Waals surface area contributed by atoms with Crippen molar-refractivity contribution in [1.82, 2.24) is 10.3 Å². The third-order valence-corrected chi connectivity index (χ3v) is 4.53. The van der Waals surface area contributed by atoms with Gasteiger partial charge in [-0.3, -0.25) is 4.79 Å². The molecule has 0 radical (unpaired) electrons. The number of anilines is 1. The van der Waals surface area contributed by atoms with Gasteiger partial charge in [0, 0.05) is 6.42 Å². The van der Waals surface area contributed by atoms with Crippen molar-refractivity contribution >= 4 is 22.2 Å². The quantitative estimate of drug-likeness (QED) is 0.848. The second-order valence-electron chi connectivity index (χ2n) is 6.05. The first-order valence-electron chi connectivity index (χ1n) is 7.51. The molecular weight excluding hydrogens is 270 g/mol. The summed E-state index contributed by atoms with van der Waals surface area (Å²) < 4.78 is 0. The molecule has 1 unspecified atom stereocenters. The summed E-state index contributed by atoms with van der Waals surface area (Å²) in [6.45, 7) is 8.50. The maximum absolute atomic E-state index is 12.1. The molecule has 2 N–H and O–H groups in total. The number of nitrogens with zero attached hydrogens (tertiary/aromatic N) is 1. The van der Waals surface area contributed by atoms with Gasteiger partial charge in [0.1, 0.15) is 5.00 Å². The van der Waals surface area contributed by atoms with Crippen LogP contribution in [0.4, 0.5) is 5.00 Å². The SMILES string of the molecule is Cc1nc(CC(C)C)c(NC(=O)CCC2CCNC2)s1. The summed E-state index contributed by atoms with van der Waals surface area (Å²) in [6.07, 6.45) is 3.72. The lowest BCUT2D eigenvalue weighted by atomic mass is 10.0. The van der Waals surface area contributed by atoms with E-state index >= 15 is 0 Å². The van der Waals surface area contributed by atoms with Gasteiger partial charge in [0.2, 0.25) is 5.91 Å². The van der Waals surface area contributed by atoms with Gasteiger partial charge in [-0.25, -0.2) is 4.98 Å². The lowest BCUT2D eigenvalue weighted by molar-refractivity contribution is -0.116. The summed E-state index contributed by atoms with van der Waals surface area (Å²) in [5.74, 6) is 1.35. The molecule has 4 nitrogen and oxygen atoms in total. The number of carbonyl (C=O) groups is 1. The van der Waals surface area contributed by atoms with Crippen LogP contribution in [0.1, 0.15) is 43.8 Å². The van der Waals surface area contributed by atoms with Crippen molar-refractivity contribution in [2.75, 3.05) is 18.4 Å². The molecule has 1 fully saturated rings. The molecular formula is C15H25N3OS. The number of hydrogen-bond donors (Lipinski definition) is 2. The zero-order chi connectivity index (χ0) is 14.5. The highest BCUT2D eigenvalue weighted by Gasteiger charge is 2.17. The van der Waals surface area contributed by atoms with Gasteiger partial charge in [-0.2, -0.15) is 0 Å². The van der Waals surface area contributed by atoms with Gasteiger partial charge in [0.25, 0.3) is 0 Å². The Bertz CT molecular complexity index is 450. The summed E-state index contributed by atoms with van der Waals surface area (Å²) in [6, 6.07) is 0. The van der Waals surface area contributed by atoms with E-state index in [0.717, 1.165) is 41.6 Å². The standard InChI is InChI=1S/C15H25N3OS/c1-10(2)8-13-15(20-11(3)17-13)18-14(19)5-4-12-6-7-16-9-12/h10,12,16H,4-9H2,1-3H3,(H,18,19). The van der Waals surface area contributed by atoms with Crippen molar-refractivity contribution < 1.29 is 4.79 Å². The van der Waals surface area contributed by atoms with E-state index in [1.54, 1.807) is 11.3 Å². The minimum absolute atomic E-state index is 0.130. The van der Waals surface area contributed by atoms with Crippen LogP contribution in [-0.4, -0.2) is 24.0 Å². The lowest BCUT2D eigenvalue weighted by Crippen LogP contribution is -2.15. The topological polar surface area (TPSA) is 54.0 Å². The molecule has 1 aromatic heterocycles. The molecule has 20 heavy (non-hydrogen) atoms. The van der Waals surface area contributed by atoms with E-state index in [1.807, 2.05) is 6.92 Å². The molecule has 0 aromatic carbocycles. The number of amides is 1. The van der Waals surface area contributed by atoms with Gasteiger partial charge < -0.3 is 10.6 Å². The minimum Gasteiger partial charge on any atom is -0.316 e. The summed E-state index contributed by atoms with van der Waals surface area (Å²) in [5, 5.41) is 8.37. The molecule has 1 aliphatic rings. The summed E-state index contributed by atoms with van der Waals surface area (Å²) in [5.41, 5.74) is 1.04. The number of aromatic nitrogens is 1. The Hall–Kier alpha value is -0.940. The van der Waals surface area contributed by atoms with Crippen LogP contribution in [0.3, 0.4) is 0 Å². The van der Waals surface area contributed by atoms with Crippen LogP contribution in [0.5, 0.6) is 0 Å². The molecule has 0 spiro atoms. The average molecular weight is 295 g/mol. The van der Waals surface area contributed by atoms with E-state index in [-0.39, 0.29) is 5.91 Å². The van der Waals surface area contributed by atoms with Crippen LogP contribution in [0.25, 0.3) is 0 Å². The van der Waals surface area contributed by atoms with Crippen LogP contribution >= 0.6 is 11.3 Å². The molecule has 1 amide bonds. The molecule has 1 aliphatic heterocycles. The van der Waals surface area contributed by atoms with Crippen molar-refractivity contribution in [2.24, 2.45) is 11.8 Å². The summed E-state index contributed by atoms with van der Waals surface area (Å²) in [4.78, 5) is 16.6. The van der Waals surface area contributed by atoms with Gasteiger partial charge in [-0.05, 0) is 51.1 Å². The maximum atomic E-state index is 12.1. The molecule has 0 aliphatic carbocycles. The smallest absolute Gasteiger partial charge is 0.225 e. The average Bonchev–Trinajstić information content (AvgIpc) is 2.97. The fraction of sp³-hybridized carbons (Fsp3) is 0.733. The predicted octanol–water partition coefficient (Wildman–Crippen LogP) is 2.98. The van der Waals surface area contributed by atoms with Gasteiger partial charge in [0.15, 0.2) is 0 Å². The molecule has 0 saturated carbocycles. The van der Waals surface area contributed by atoms with Crippen molar-refractivity contribution in [3.8, 4) is 0 Å². The van der Waals surface area contributed by atoms with Crippen LogP contribution in [0.15, 0.2) is 0 Å². The third kappa shape index (κ3) is 4.56. The van der Waals surface area contributed by atoms with Crippen LogP contribution in [0.2, 0.25) is 0 Å². The Morgan fingerprint density at radius 1 is 1.55 bits per heavy atom. The predicted molar refractivity (Wildman–Crippen MR) is 84.2 cm³/mol. The third-order valence-electron chi connectivity index (χ3n) is 3.60. The van der Waals surface area contributed by atoms with Gasteiger partial charge in [-0.1, -0.05) is 13.8 Å². The minimum atomic E-state index is 0.130. The summed E-state index contributed by atoms with van der Waals surface area (Å²) >= 11 is 1.59. The number of hydrogen-bond acceptors (Lipinski definition) is 4. The van der Waals surface area contributed by atoms with Crippen molar-refractivity contribution in [1.29, 1.82) is 0 Å². The number of rotatable bonds is 6. The van der Waals surface area contributed by atoms with E-state index in [9.17, 15) is 4.79 Å². The maximum Gasteiger partial charge on any atom is 0.225 e. The molecule has 2 rings (SSSR count). The van der Waals surface area contributed by atoms with Crippen LogP contribution in [0, 0.1) is 18.8 Å².